The van der Waals surface area contributed by atoms with Crippen molar-refractivity contribution < 1.29 is 9.90 Å². The fourth-order valence-electron chi connectivity index (χ4n) is 3.31. The maximum Gasteiger partial charge on any atom is 0.407 e. The first-order valence-electron chi connectivity index (χ1n) is 6.57. The highest BCUT2D eigenvalue weighted by molar-refractivity contribution is 9.11. The lowest BCUT2D eigenvalue weighted by atomic mass is 9.76. The van der Waals surface area contributed by atoms with Gasteiger partial charge < -0.3 is 10.0 Å². The summed E-state index contributed by atoms with van der Waals surface area (Å²) in [6, 6.07) is -0.0831. The Hall–Kier alpha value is -0.260. The first kappa shape index (κ1) is 16.1. The lowest BCUT2D eigenvalue weighted by molar-refractivity contribution is 0.0841. The van der Waals surface area contributed by atoms with Crippen LogP contribution in [0.3, 0.4) is 0 Å². The van der Waals surface area contributed by atoms with E-state index in [9.17, 15) is 9.90 Å². The largest absolute Gasteiger partial charge is 0.465 e. The summed E-state index contributed by atoms with van der Waals surface area (Å²) in [6.45, 7) is 6.26. The van der Waals surface area contributed by atoms with E-state index in [0.717, 1.165) is 27.2 Å². The standard InChI is InChI=1S/C14H19BrClNO2S/c1-14(2,3)11(17(4)13(18)19)7-5-6-8-9(7)10(16)12(15)20-8/h7,11H,5-6H2,1-4H3,(H,18,19). The minimum Gasteiger partial charge on any atom is -0.465 e. The molecular weight excluding hydrogens is 362 g/mol. The Morgan fingerprint density at radius 1 is 1.55 bits per heavy atom. The summed E-state index contributed by atoms with van der Waals surface area (Å²) in [5.74, 6) is 0.168. The summed E-state index contributed by atoms with van der Waals surface area (Å²) in [4.78, 5) is 14.2. The molecule has 0 aromatic carbocycles. The fraction of sp³-hybridized carbons (Fsp3) is 0.643. The smallest absolute Gasteiger partial charge is 0.407 e. The number of hydrogen-bond donors (Lipinski definition) is 1. The number of hydrogen-bond acceptors (Lipinski definition) is 2. The highest BCUT2D eigenvalue weighted by Crippen LogP contribution is 2.51. The molecule has 20 heavy (non-hydrogen) atoms. The van der Waals surface area contributed by atoms with E-state index in [2.05, 4.69) is 36.7 Å². The second kappa shape index (κ2) is 5.50. The zero-order valence-corrected chi connectivity index (χ0v) is 15.2. The maximum atomic E-state index is 11.4. The van der Waals surface area contributed by atoms with Gasteiger partial charge in [-0.1, -0.05) is 32.4 Å². The number of carboxylic acid groups (broad SMARTS) is 1. The van der Waals surface area contributed by atoms with Gasteiger partial charge in [-0.05, 0) is 39.8 Å². The Bertz CT molecular complexity index is 538. The molecule has 1 heterocycles. The SMILES string of the molecule is CN(C(=O)O)C(C1CCc2sc(Br)c(Cl)c21)C(C)(C)C. The lowest BCUT2D eigenvalue weighted by Crippen LogP contribution is -2.47. The third-order valence-electron chi connectivity index (χ3n) is 3.96. The van der Waals surface area contributed by atoms with Crippen LogP contribution in [-0.2, 0) is 6.42 Å². The molecule has 2 unspecified atom stereocenters. The molecule has 3 nitrogen and oxygen atoms in total. The van der Waals surface area contributed by atoms with Crippen LogP contribution in [0.15, 0.2) is 3.79 Å². The number of aryl methyl sites for hydroxylation is 1. The molecule has 0 radical (unpaired) electrons. The van der Waals surface area contributed by atoms with Crippen LogP contribution in [0.25, 0.3) is 0 Å². The second-order valence-electron chi connectivity index (χ2n) is 6.38. The van der Waals surface area contributed by atoms with Crippen LogP contribution < -0.4 is 0 Å². The molecule has 0 bridgehead atoms. The van der Waals surface area contributed by atoms with E-state index in [-0.39, 0.29) is 17.4 Å². The Kier molecular flexibility index (Phi) is 4.43. The summed E-state index contributed by atoms with van der Waals surface area (Å²) in [7, 11) is 1.66. The first-order valence-corrected chi connectivity index (χ1v) is 8.55. The number of amides is 1. The number of nitrogens with zero attached hydrogens (tertiary/aromatic N) is 1. The second-order valence-corrected chi connectivity index (χ2v) is 9.18. The van der Waals surface area contributed by atoms with E-state index in [1.807, 2.05) is 0 Å². The van der Waals surface area contributed by atoms with Crippen molar-refractivity contribution in [2.24, 2.45) is 5.41 Å². The van der Waals surface area contributed by atoms with Crippen molar-refractivity contribution in [1.82, 2.24) is 4.90 Å². The van der Waals surface area contributed by atoms with E-state index in [1.54, 1.807) is 18.4 Å². The molecule has 0 saturated carbocycles. The molecule has 1 aliphatic carbocycles. The van der Waals surface area contributed by atoms with Gasteiger partial charge in [-0.25, -0.2) is 4.79 Å². The molecule has 0 spiro atoms. The first-order chi connectivity index (χ1) is 9.14. The topological polar surface area (TPSA) is 40.5 Å². The van der Waals surface area contributed by atoms with E-state index in [0.29, 0.717) is 0 Å². The third kappa shape index (κ3) is 2.72. The zero-order valence-electron chi connectivity index (χ0n) is 12.0. The molecule has 2 atom stereocenters. The van der Waals surface area contributed by atoms with Crippen LogP contribution in [0.5, 0.6) is 0 Å². The number of rotatable bonds is 2. The molecule has 0 aliphatic heterocycles. The van der Waals surface area contributed by atoms with Crippen LogP contribution in [0, 0.1) is 5.41 Å². The van der Waals surface area contributed by atoms with Gasteiger partial charge in [-0.2, -0.15) is 0 Å². The highest BCUT2D eigenvalue weighted by Gasteiger charge is 2.43. The fourth-order valence-corrected chi connectivity index (χ4v) is 5.54. The molecule has 2 rings (SSSR count). The van der Waals surface area contributed by atoms with Crippen molar-refractivity contribution >= 4 is 45.0 Å². The number of likely N-dealkylation sites (N-methyl/N-ethyl adjacent to an activating group) is 1. The molecule has 1 amide bonds. The van der Waals surface area contributed by atoms with Crippen LogP contribution in [-0.4, -0.2) is 29.2 Å². The van der Waals surface area contributed by atoms with Gasteiger partial charge in [0.05, 0.1) is 8.81 Å². The minimum atomic E-state index is -0.885. The summed E-state index contributed by atoms with van der Waals surface area (Å²) < 4.78 is 0.958. The Balaban J connectivity index is 2.46. The third-order valence-corrected chi connectivity index (χ3v) is 6.63. The molecule has 6 heteroatoms. The van der Waals surface area contributed by atoms with Gasteiger partial charge >= 0.3 is 6.09 Å². The zero-order chi connectivity index (χ0) is 15.2. The summed E-state index contributed by atoms with van der Waals surface area (Å²) in [5, 5.41) is 10.1. The summed E-state index contributed by atoms with van der Waals surface area (Å²) in [5.41, 5.74) is 1.01. The van der Waals surface area contributed by atoms with Crippen LogP contribution in [0.1, 0.15) is 43.6 Å². The monoisotopic (exact) mass is 379 g/mol. The molecule has 1 aliphatic rings. The quantitative estimate of drug-likeness (QED) is 0.764. The average molecular weight is 381 g/mol. The molecule has 112 valence electrons. The van der Waals surface area contributed by atoms with Gasteiger partial charge in [0.25, 0.3) is 0 Å². The van der Waals surface area contributed by atoms with Gasteiger partial charge in [-0.15, -0.1) is 11.3 Å². The van der Waals surface area contributed by atoms with Gasteiger partial charge in [0.1, 0.15) is 0 Å². The molecule has 0 fully saturated rings. The van der Waals surface area contributed by atoms with Crippen molar-refractivity contribution in [2.45, 2.75) is 45.6 Å². The number of fused-ring (bicyclic) bond motifs is 1. The average Bonchev–Trinajstić information content (AvgIpc) is 2.80. The van der Waals surface area contributed by atoms with E-state index < -0.39 is 6.09 Å². The van der Waals surface area contributed by atoms with Crippen molar-refractivity contribution in [3.63, 3.8) is 0 Å². The number of halogens is 2. The minimum absolute atomic E-state index is 0.0831. The van der Waals surface area contributed by atoms with Crippen molar-refractivity contribution in [2.75, 3.05) is 7.05 Å². The van der Waals surface area contributed by atoms with Crippen molar-refractivity contribution in [3.8, 4) is 0 Å². The van der Waals surface area contributed by atoms with Crippen LogP contribution in [0.2, 0.25) is 5.02 Å². The molecule has 1 aromatic heterocycles. The highest BCUT2D eigenvalue weighted by atomic mass is 79.9. The molecular formula is C14H19BrClNO2S. The van der Waals surface area contributed by atoms with Gasteiger partial charge in [0, 0.05) is 23.9 Å². The van der Waals surface area contributed by atoms with E-state index >= 15 is 0 Å². The molecule has 1 N–H and O–H groups in total. The van der Waals surface area contributed by atoms with Gasteiger partial charge in [0.15, 0.2) is 0 Å². The van der Waals surface area contributed by atoms with Crippen LogP contribution in [0.4, 0.5) is 4.79 Å². The molecule has 1 aromatic rings. The van der Waals surface area contributed by atoms with Gasteiger partial charge in [0.2, 0.25) is 0 Å². The van der Waals surface area contributed by atoms with Gasteiger partial charge in [-0.3, -0.25) is 0 Å². The Morgan fingerprint density at radius 3 is 2.65 bits per heavy atom. The van der Waals surface area contributed by atoms with Crippen molar-refractivity contribution in [1.29, 1.82) is 0 Å². The Labute approximate surface area is 137 Å². The predicted molar refractivity (Wildman–Crippen MR) is 87.1 cm³/mol. The molecule has 0 saturated heterocycles. The van der Waals surface area contributed by atoms with E-state index in [1.165, 1.54) is 9.78 Å². The summed E-state index contributed by atoms with van der Waals surface area (Å²) in [6.07, 6.45) is 1.06. The normalized spacial score (nSPS) is 19.8. The predicted octanol–water partition coefficient (Wildman–Crippen LogP) is 5.22. The number of thiophene rings is 1. The van der Waals surface area contributed by atoms with Crippen LogP contribution >= 0.6 is 38.9 Å². The Morgan fingerprint density at radius 2 is 2.15 bits per heavy atom. The number of carbonyl (C=O) groups is 1. The van der Waals surface area contributed by atoms with Crippen molar-refractivity contribution in [3.05, 3.63) is 19.2 Å². The summed E-state index contributed by atoms with van der Waals surface area (Å²) >= 11 is 11.6. The lowest BCUT2D eigenvalue weighted by Gasteiger charge is -2.41. The van der Waals surface area contributed by atoms with E-state index in [4.69, 9.17) is 11.6 Å². The maximum absolute atomic E-state index is 11.4.